The van der Waals surface area contributed by atoms with Crippen LogP contribution < -0.4 is 0 Å². The largest absolute Gasteiger partial charge is 0.433 e. The summed E-state index contributed by atoms with van der Waals surface area (Å²) in [4.78, 5) is 10.3. The first-order valence-corrected chi connectivity index (χ1v) is 4.20. The van der Waals surface area contributed by atoms with Gasteiger partial charge in [-0.15, -0.1) is 0 Å². The summed E-state index contributed by atoms with van der Waals surface area (Å²) < 4.78 is 38.0. The van der Waals surface area contributed by atoms with Gasteiger partial charge in [0.05, 0.1) is 6.54 Å². The van der Waals surface area contributed by atoms with Crippen LogP contribution in [0.5, 0.6) is 0 Å². The summed E-state index contributed by atoms with van der Waals surface area (Å²) in [5, 5.41) is 3.51. The fourth-order valence-electron chi connectivity index (χ4n) is 1.07. The Morgan fingerprint density at radius 1 is 1.53 bits per heavy atom. The molecular formula is C9H9F3N2O. The van der Waals surface area contributed by atoms with E-state index >= 15 is 0 Å². The average molecular weight is 218 g/mol. The van der Waals surface area contributed by atoms with Crippen LogP contribution in [0.1, 0.15) is 23.1 Å². The molecule has 82 valence electrons. The number of nitrogens with zero attached hydrogens (tertiary/aromatic N) is 2. The third-order valence-electron chi connectivity index (χ3n) is 1.72. The summed E-state index contributed by atoms with van der Waals surface area (Å²) in [6.07, 6.45) is -1.06. The monoisotopic (exact) mass is 218 g/mol. The maximum Gasteiger partial charge on any atom is 0.433 e. The highest BCUT2D eigenvalue weighted by Gasteiger charge is 2.35. The lowest BCUT2D eigenvalue weighted by Crippen LogP contribution is -2.13. The number of aldehydes is 1. The zero-order valence-corrected chi connectivity index (χ0v) is 7.95. The molecule has 3 nitrogen and oxygen atoms in total. The van der Waals surface area contributed by atoms with Gasteiger partial charge >= 0.3 is 6.18 Å². The Hall–Kier alpha value is -1.59. The van der Waals surface area contributed by atoms with Crippen molar-refractivity contribution in [2.75, 3.05) is 0 Å². The van der Waals surface area contributed by atoms with Crippen molar-refractivity contribution in [1.29, 1.82) is 0 Å². The fourth-order valence-corrected chi connectivity index (χ4v) is 1.07. The maximum absolute atomic E-state index is 12.4. The summed E-state index contributed by atoms with van der Waals surface area (Å²) in [6, 6.07) is 0.733. The predicted octanol–water partition coefficient (Wildman–Crippen LogP) is 2.29. The van der Waals surface area contributed by atoms with Gasteiger partial charge in [-0.05, 0) is 13.0 Å². The van der Waals surface area contributed by atoms with E-state index in [0.717, 1.165) is 10.7 Å². The quantitative estimate of drug-likeness (QED) is 0.576. The highest BCUT2D eigenvalue weighted by atomic mass is 19.4. The van der Waals surface area contributed by atoms with Crippen LogP contribution in [-0.4, -0.2) is 16.1 Å². The van der Waals surface area contributed by atoms with Crippen LogP contribution in [0.15, 0.2) is 18.2 Å². The van der Waals surface area contributed by atoms with Crippen molar-refractivity contribution in [3.63, 3.8) is 0 Å². The number of allylic oxidation sites excluding steroid dienone is 2. The van der Waals surface area contributed by atoms with Crippen LogP contribution in [0.2, 0.25) is 0 Å². The minimum Gasteiger partial charge on any atom is -0.296 e. The van der Waals surface area contributed by atoms with E-state index in [1.165, 1.54) is 6.08 Å². The van der Waals surface area contributed by atoms with E-state index in [4.69, 9.17) is 0 Å². The van der Waals surface area contributed by atoms with Crippen molar-refractivity contribution in [1.82, 2.24) is 9.78 Å². The van der Waals surface area contributed by atoms with Gasteiger partial charge in [0, 0.05) is 0 Å². The first-order chi connectivity index (χ1) is 6.99. The molecule has 0 saturated heterocycles. The van der Waals surface area contributed by atoms with Crippen LogP contribution in [0.3, 0.4) is 0 Å². The first kappa shape index (κ1) is 11.5. The molecule has 0 bridgehead atoms. The third-order valence-corrected chi connectivity index (χ3v) is 1.72. The molecular weight excluding hydrogens is 209 g/mol. The van der Waals surface area contributed by atoms with Crippen LogP contribution in [0.25, 0.3) is 0 Å². The molecule has 0 fully saturated rings. The van der Waals surface area contributed by atoms with Gasteiger partial charge in [0.15, 0.2) is 6.29 Å². The smallest absolute Gasteiger partial charge is 0.296 e. The minimum atomic E-state index is -4.49. The molecule has 0 unspecified atom stereocenters. The molecule has 6 heteroatoms. The number of aromatic nitrogens is 2. The van der Waals surface area contributed by atoms with Crippen LogP contribution in [-0.2, 0) is 12.7 Å². The highest BCUT2D eigenvalue weighted by Crippen LogP contribution is 2.29. The lowest BCUT2D eigenvalue weighted by atomic mass is 10.3. The molecule has 0 aliphatic heterocycles. The van der Waals surface area contributed by atoms with Gasteiger partial charge in [0.2, 0.25) is 0 Å². The van der Waals surface area contributed by atoms with E-state index in [9.17, 15) is 18.0 Å². The summed E-state index contributed by atoms with van der Waals surface area (Å²) >= 11 is 0. The van der Waals surface area contributed by atoms with Crippen molar-refractivity contribution in [3.05, 3.63) is 29.6 Å². The second kappa shape index (κ2) is 4.29. The van der Waals surface area contributed by atoms with Crippen molar-refractivity contribution >= 4 is 6.29 Å². The fraction of sp³-hybridized carbons (Fsp3) is 0.333. The lowest BCUT2D eigenvalue weighted by Gasteiger charge is -2.07. The molecule has 0 N–H and O–H groups in total. The van der Waals surface area contributed by atoms with Gasteiger partial charge < -0.3 is 0 Å². The zero-order valence-electron chi connectivity index (χ0n) is 7.95. The Labute approximate surface area is 84.2 Å². The van der Waals surface area contributed by atoms with Crippen molar-refractivity contribution in [2.45, 2.75) is 19.6 Å². The Balaban J connectivity index is 3.11. The van der Waals surface area contributed by atoms with Gasteiger partial charge in [-0.1, -0.05) is 12.2 Å². The van der Waals surface area contributed by atoms with E-state index in [2.05, 4.69) is 5.10 Å². The topological polar surface area (TPSA) is 34.9 Å². The van der Waals surface area contributed by atoms with Crippen molar-refractivity contribution in [2.24, 2.45) is 0 Å². The molecule has 0 spiro atoms. The Kier molecular flexibility index (Phi) is 3.28. The van der Waals surface area contributed by atoms with Crippen LogP contribution >= 0.6 is 0 Å². The Morgan fingerprint density at radius 2 is 2.20 bits per heavy atom. The average Bonchev–Trinajstić information content (AvgIpc) is 2.57. The minimum absolute atomic E-state index is 0.000810. The Bertz CT molecular complexity index is 379. The van der Waals surface area contributed by atoms with E-state index in [1.54, 1.807) is 13.0 Å². The van der Waals surface area contributed by atoms with Gasteiger partial charge in [-0.3, -0.25) is 9.48 Å². The van der Waals surface area contributed by atoms with E-state index in [0.29, 0.717) is 6.29 Å². The molecule has 1 aromatic heterocycles. The lowest BCUT2D eigenvalue weighted by molar-refractivity contribution is -0.144. The van der Waals surface area contributed by atoms with Gasteiger partial charge in [-0.2, -0.15) is 18.3 Å². The number of rotatable bonds is 3. The van der Waals surface area contributed by atoms with Gasteiger partial charge in [0.1, 0.15) is 11.4 Å². The predicted molar refractivity (Wildman–Crippen MR) is 47.4 cm³/mol. The summed E-state index contributed by atoms with van der Waals surface area (Å²) in [5.41, 5.74) is -1.13. The van der Waals surface area contributed by atoms with E-state index < -0.39 is 11.9 Å². The number of hydrogen-bond donors (Lipinski definition) is 0. The van der Waals surface area contributed by atoms with E-state index in [1.807, 2.05) is 0 Å². The zero-order chi connectivity index (χ0) is 11.5. The second-order valence-electron chi connectivity index (χ2n) is 2.82. The number of alkyl halides is 3. The van der Waals surface area contributed by atoms with Gasteiger partial charge in [-0.25, -0.2) is 0 Å². The molecule has 1 aromatic rings. The summed E-state index contributed by atoms with van der Waals surface area (Å²) in [6.45, 7) is 1.69. The molecule has 0 aliphatic carbocycles. The number of hydrogen-bond acceptors (Lipinski definition) is 2. The molecule has 0 atom stereocenters. The molecule has 0 aliphatic rings. The summed E-state index contributed by atoms with van der Waals surface area (Å²) in [7, 11) is 0. The Morgan fingerprint density at radius 3 is 2.67 bits per heavy atom. The first-order valence-electron chi connectivity index (χ1n) is 4.20. The molecule has 1 heterocycles. The molecule has 0 amide bonds. The summed E-state index contributed by atoms with van der Waals surface area (Å²) in [5.74, 6) is 0. The number of carbonyl (C=O) groups is 1. The van der Waals surface area contributed by atoms with Gasteiger partial charge in [0.25, 0.3) is 0 Å². The third kappa shape index (κ3) is 2.68. The highest BCUT2D eigenvalue weighted by molar-refractivity contribution is 5.71. The van der Waals surface area contributed by atoms with Crippen LogP contribution in [0.4, 0.5) is 13.2 Å². The molecule has 1 rings (SSSR count). The second-order valence-corrected chi connectivity index (χ2v) is 2.82. The van der Waals surface area contributed by atoms with E-state index in [-0.39, 0.29) is 12.2 Å². The molecule has 0 saturated carbocycles. The number of halogens is 3. The van der Waals surface area contributed by atoms with Crippen molar-refractivity contribution < 1.29 is 18.0 Å². The maximum atomic E-state index is 12.4. The number of carbonyl (C=O) groups excluding carboxylic acids is 1. The molecule has 15 heavy (non-hydrogen) atoms. The normalized spacial score (nSPS) is 12.3. The SMILES string of the molecule is CC=CCn1nc(C=O)cc1C(F)(F)F. The standard InChI is InChI=1S/C9H9F3N2O/c1-2-3-4-14-8(9(10,11)12)5-7(6-15)13-14/h2-3,5-6H,4H2,1H3. The molecule has 0 aromatic carbocycles. The van der Waals surface area contributed by atoms with Crippen molar-refractivity contribution in [3.8, 4) is 0 Å². The van der Waals surface area contributed by atoms with Crippen LogP contribution in [0, 0.1) is 0 Å². The molecule has 0 radical (unpaired) electrons.